The minimum absolute atomic E-state index is 0.188. The van der Waals surface area contributed by atoms with Crippen molar-refractivity contribution in [2.24, 2.45) is 0 Å². The average molecular weight is 240 g/mol. The second-order valence-electron chi connectivity index (χ2n) is 3.36. The van der Waals surface area contributed by atoms with Crippen LogP contribution >= 0.6 is 0 Å². The largest absolute Gasteiger partial charge is 0.493 e. The fraction of sp³-hybridized carbons (Fsp3) is 0.417. The number of benzene rings is 1. The van der Waals surface area contributed by atoms with E-state index in [9.17, 15) is 4.79 Å². The summed E-state index contributed by atoms with van der Waals surface area (Å²) in [4.78, 5) is 11.0. The van der Waals surface area contributed by atoms with Gasteiger partial charge in [0, 0.05) is 0 Å². The molecule has 17 heavy (non-hydrogen) atoms. The molecule has 0 amide bonds. The van der Waals surface area contributed by atoms with E-state index in [0.29, 0.717) is 17.2 Å². The number of hydrogen-bond acceptors (Lipinski definition) is 5. The van der Waals surface area contributed by atoms with E-state index in [1.54, 1.807) is 12.1 Å². The molecule has 5 heteroatoms. The Kier molecular flexibility index (Phi) is 4.63. The van der Waals surface area contributed by atoms with E-state index in [0.717, 1.165) is 5.56 Å². The van der Waals surface area contributed by atoms with Gasteiger partial charge < -0.3 is 18.9 Å². The number of ether oxygens (including phenoxy) is 4. The monoisotopic (exact) mass is 240 g/mol. The lowest BCUT2D eigenvalue weighted by molar-refractivity contribution is -0.142. The predicted octanol–water partition coefficient (Wildman–Crippen LogP) is 1.56. The lowest BCUT2D eigenvalue weighted by Crippen LogP contribution is -2.13. The van der Waals surface area contributed by atoms with Gasteiger partial charge >= 0.3 is 5.97 Å². The van der Waals surface area contributed by atoms with Gasteiger partial charge in [0.2, 0.25) is 5.75 Å². The number of hydrogen-bond donors (Lipinski definition) is 0. The normalized spacial score (nSPS) is 9.65. The number of rotatable bonds is 5. The molecule has 0 saturated heterocycles. The van der Waals surface area contributed by atoms with Crippen molar-refractivity contribution in [1.82, 2.24) is 0 Å². The van der Waals surface area contributed by atoms with Crippen LogP contribution in [0.25, 0.3) is 0 Å². The Labute approximate surface area is 100 Å². The number of methoxy groups -OCH3 is 3. The highest BCUT2D eigenvalue weighted by molar-refractivity contribution is 5.71. The molecule has 94 valence electrons. The Morgan fingerprint density at radius 1 is 1.12 bits per heavy atom. The first-order valence-corrected chi connectivity index (χ1v) is 5.04. The van der Waals surface area contributed by atoms with Gasteiger partial charge in [-0.25, -0.2) is 4.79 Å². The molecule has 0 bridgehead atoms. The fourth-order valence-electron chi connectivity index (χ4n) is 1.34. The molecule has 0 saturated carbocycles. The van der Waals surface area contributed by atoms with E-state index in [-0.39, 0.29) is 6.61 Å². The Morgan fingerprint density at radius 3 is 2.06 bits per heavy atom. The number of carbonyl (C=O) groups excluding carboxylic acids is 1. The maximum atomic E-state index is 11.0. The van der Waals surface area contributed by atoms with Crippen molar-refractivity contribution in [2.45, 2.75) is 6.92 Å². The molecule has 0 unspecified atom stereocenters. The van der Waals surface area contributed by atoms with Crippen LogP contribution < -0.4 is 14.2 Å². The van der Waals surface area contributed by atoms with Gasteiger partial charge in [-0.1, -0.05) is 0 Å². The Bertz CT molecular complexity index is 375. The summed E-state index contributed by atoms with van der Waals surface area (Å²) in [5, 5.41) is 0. The molecule has 0 aliphatic heterocycles. The van der Waals surface area contributed by atoms with E-state index in [1.165, 1.54) is 21.3 Å². The van der Waals surface area contributed by atoms with Crippen molar-refractivity contribution in [3.8, 4) is 17.2 Å². The molecule has 0 N–H and O–H groups in total. The van der Waals surface area contributed by atoms with Crippen molar-refractivity contribution in [1.29, 1.82) is 0 Å². The van der Waals surface area contributed by atoms with Gasteiger partial charge in [-0.3, -0.25) is 0 Å². The van der Waals surface area contributed by atoms with Gasteiger partial charge in [0.25, 0.3) is 0 Å². The van der Waals surface area contributed by atoms with Crippen LogP contribution in [0.1, 0.15) is 5.56 Å². The van der Waals surface area contributed by atoms with Crippen LogP contribution in [0.15, 0.2) is 12.1 Å². The molecular formula is C12H16O5. The van der Waals surface area contributed by atoms with Gasteiger partial charge in [-0.15, -0.1) is 0 Å². The first-order valence-electron chi connectivity index (χ1n) is 5.04. The summed E-state index contributed by atoms with van der Waals surface area (Å²) in [5.74, 6) is 0.970. The quantitative estimate of drug-likeness (QED) is 0.731. The van der Waals surface area contributed by atoms with Gasteiger partial charge in [0.05, 0.1) is 21.3 Å². The van der Waals surface area contributed by atoms with Crippen LogP contribution in [0.2, 0.25) is 0 Å². The molecule has 0 aliphatic carbocycles. The second-order valence-corrected chi connectivity index (χ2v) is 3.36. The minimum Gasteiger partial charge on any atom is -0.493 e. The summed E-state index contributed by atoms with van der Waals surface area (Å²) in [6.45, 7) is 1.72. The molecular weight excluding hydrogens is 224 g/mol. The maximum Gasteiger partial charge on any atom is 0.343 e. The molecule has 0 atom stereocenters. The van der Waals surface area contributed by atoms with E-state index in [2.05, 4.69) is 4.74 Å². The molecule has 1 aromatic carbocycles. The second kappa shape index (κ2) is 5.98. The summed E-state index contributed by atoms with van der Waals surface area (Å²) in [7, 11) is 4.35. The van der Waals surface area contributed by atoms with Crippen molar-refractivity contribution < 1.29 is 23.7 Å². The van der Waals surface area contributed by atoms with Gasteiger partial charge in [0.1, 0.15) is 0 Å². The Hall–Kier alpha value is -1.91. The predicted molar refractivity (Wildman–Crippen MR) is 61.8 cm³/mol. The van der Waals surface area contributed by atoms with E-state index >= 15 is 0 Å². The van der Waals surface area contributed by atoms with Gasteiger partial charge in [-0.2, -0.15) is 0 Å². The summed E-state index contributed by atoms with van der Waals surface area (Å²) in [6, 6.07) is 3.60. The third-order valence-electron chi connectivity index (χ3n) is 2.17. The van der Waals surface area contributed by atoms with Crippen LogP contribution in [0.3, 0.4) is 0 Å². The molecule has 0 heterocycles. The maximum absolute atomic E-state index is 11.0. The molecule has 1 aromatic rings. The first-order chi connectivity index (χ1) is 8.12. The lowest BCUT2D eigenvalue weighted by atomic mass is 10.2. The highest BCUT2D eigenvalue weighted by Gasteiger charge is 2.14. The molecule has 0 radical (unpaired) electrons. The van der Waals surface area contributed by atoms with Gasteiger partial charge in [0.15, 0.2) is 18.1 Å². The zero-order chi connectivity index (χ0) is 12.8. The molecule has 1 rings (SSSR count). The topological polar surface area (TPSA) is 54.0 Å². The number of aryl methyl sites for hydroxylation is 1. The third kappa shape index (κ3) is 3.27. The summed E-state index contributed by atoms with van der Waals surface area (Å²) in [6.07, 6.45) is 0. The van der Waals surface area contributed by atoms with Crippen LogP contribution in [0.4, 0.5) is 0 Å². The smallest absolute Gasteiger partial charge is 0.343 e. The Morgan fingerprint density at radius 2 is 1.65 bits per heavy atom. The molecule has 0 fully saturated rings. The average Bonchev–Trinajstić information content (AvgIpc) is 2.35. The van der Waals surface area contributed by atoms with Crippen LogP contribution in [-0.4, -0.2) is 33.9 Å². The van der Waals surface area contributed by atoms with E-state index < -0.39 is 5.97 Å². The summed E-state index contributed by atoms with van der Waals surface area (Å²) < 4.78 is 20.2. The van der Waals surface area contributed by atoms with Gasteiger partial charge in [-0.05, 0) is 24.6 Å². The van der Waals surface area contributed by atoms with Crippen molar-refractivity contribution in [2.75, 3.05) is 27.9 Å². The zero-order valence-corrected chi connectivity index (χ0v) is 10.4. The highest BCUT2D eigenvalue weighted by atomic mass is 16.6. The lowest BCUT2D eigenvalue weighted by Gasteiger charge is -2.14. The summed E-state index contributed by atoms with van der Waals surface area (Å²) >= 11 is 0. The highest BCUT2D eigenvalue weighted by Crippen LogP contribution is 2.38. The van der Waals surface area contributed by atoms with Crippen molar-refractivity contribution in [3.63, 3.8) is 0 Å². The van der Waals surface area contributed by atoms with E-state index in [1.807, 2.05) is 6.92 Å². The number of esters is 1. The third-order valence-corrected chi connectivity index (χ3v) is 2.17. The first kappa shape index (κ1) is 13.2. The molecule has 0 aliphatic rings. The van der Waals surface area contributed by atoms with Crippen LogP contribution in [-0.2, 0) is 9.53 Å². The van der Waals surface area contributed by atoms with Crippen LogP contribution in [0, 0.1) is 6.92 Å². The number of carbonyl (C=O) groups is 1. The SMILES string of the molecule is COC(=O)COc1c(OC)cc(C)cc1OC. The standard InChI is InChI=1S/C12H16O5/c1-8-5-9(14-2)12(10(6-8)15-3)17-7-11(13)16-4/h5-6H,7H2,1-4H3. The van der Waals surface area contributed by atoms with Crippen molar-refractivity contribution in [3.05, 3.63) is 17.7 Å². The molecule has 5 nitrogen and oxygen atoms in total. The molecule has 0 spiro atoms. The Balaban J connectivity index is 2.98. The summed E-state index contributed by atoms with van der Waals surface area (Å²) in [5.41, 5.74) is 0.976. The zero-order valence-electron chi connectivity index (χ0n) is 10.4. The van der Waals surface area contributed by atoms with Crippen LogP contribution in [0.5, 0.6) is 17.2 Å². The van der Waals surface area contributed by atoms with E-state index in [4.69, 9.17) is 14.2 Å². The minimum atomic E-state index is -0.463. The molecule has 0 aromatic heterocycles. The fourth-order valence-corrected chi connectivity index (χ4v) is 1.34. The van der Waals surface area contributed by atoms with Crippen molar-refractivity contribution >= 4 is 5.97 Å².